The summed E-state index contributed by atoms with van der Waals surface area (Å²) in [5.41, 5.74) is 0. The fraction of sp³-hybridized carbons (Fsp3) is 0.953. The fourth-order valence-electron chi connectivity index (χ4n) is 7.49. The predicted molar refractivity (Wildman–Crippen MR) is 204 cm³/mol. The molecule has 4 nitrogen and oxygen atoms in total. The van der Waals surface area contributed by atoms with Gasteiger partial charge in [-0.25, -0.2) is 0 Å². The van der Waals surface area contributed by atoms with Crippen LogP contribution in [0.4, 0.5) is 0 Å². The van der Waals surface area contributed by atoms with E-state index in [1.807, 2.05) is 0 Å². The average molecular weight is 665 g/mol. The van der Waals surface area contributed by atoms with Crippen LogP contribution in [0, 0.1) is 11.8 Å². The molecule has 0 bridgehead atoms. The Hall–Kier alpha value is -1.06. The number of aliphatic carboxylic acids is 2. The van der Waals surface area contributed by atoms with Crippen molar-refractivity contribution in [2.75, 3.05) is 0 Å². The molecule has 0 spiro atoms. The van der Waals surface area contributed by atoms with Crippen molar-refractivity contribution in [3.8, 4) is 0 Å². The standard InChI is InChI=1S/C43H84O4/c1-3-5-7-9-11-13-15-17-19-21-23-25-27-29-31-33-36-40(37-35-39-42(44)45)41(43(46)47)38-34-32-30-28-26-24-22-20-18-16-14-12-10-8-6-4-2/h40-41H,3-39H2,1-2H3,(H,44,45)(H,46,47). The smallest absolute Gasteiger partial charge is 0.306 e. The van der Waals surface area contributed by atoms with Gasteiger partial charge >= 0.3 is 11.9 Å². The summed E-state index contributed by atoms with van der Waals surface area (Å²) in [5.74, 6) is -1.62. The summed E-state index contributed by atoms with van der Waals surface area (Å²) in [5, 5.41) is 19.2. The van der Waals surface area contributed by atoms with Crippen molar-refractivity contribution in [3.63, 3.8) is 0 Å². The Morgan fingerprint density at radius 2 is 0.617 bits per heavy atom. The third-order valence-electron chi connectivity index (χ3n) is 10.6. The Morgan fingerprint density at radius 3 is 0.894 bits per heavy atom. The quantitative estimate of drug-likeness (QED) is 0.0639. The van der Waals surface area contributed by atoms with Gasteiger partial charge in [-0.15, -0.1) is 0 Å². The molecule has 0 aliphatic rings. The minimum absolute atomic E-state index is 0.120. The van der Waals surface area contributed by atoms with Gasteiger partial charge in [0.25, 0.3) is 0 Å². The third-order valence-corrected chi connectivity index (χ3v) is 10.6. The first-order valence-electron chi connectivity index (χ1n) is 21.5. The first kappa shape index (κ1) is 45.9. The molecule has 0 aliphatic heterocycles. The van der Waals surface area contributed by atoms with Gasteiger partial charge in [0.05, 0.1) is 5.92 Å². The molecule has 0 amide bonds. The molecule has 2 atom stereocenters. The van der Waals surface area contributed by atoms with Crippen LogP contribution in [0.5, 0.6) is 0 Å². The van der Waals surface area contributed by atoms with E-state index in [9.17, 15) is 14.7 Å². The van der Waals surface area contributed by atoms with Crippen molar-refractivity contribution in [1.29, 1.82) is 0 Å². The van der Waals surface area contributed by atoms with Gasteiger partial charge in [-0.3, -0.25) is 9.59 Å². The van der Waals surface area contributed by atoms with Crippen molar-refractivity contribution in [2.24, 2.45) is 11.8 Å². The number of unbranched alkanes of at least 4 members (excludes halogenated alkanes) is 30. The molecule has 2 unspecified atom stereocenters. The van der Waals surface area contributed by atoms with Crippen LogP contribution in [0.25, 0.3) is 0 Å². The van der Waals surface area contributed by atoms with E-state index in [1.165, 1.54) is 186 Å². The van der Waals surface area contributed by atoms with Gasteiger partial charge in [0, 0.05) is 6.42 Å². The molecule has 0 aromatic heterocycles. The van der Waals surface area contributed by atoms with Crippen molar-refractivity contribution >= 4 is 11.9 Å². The van der Waals surface area contributed by atoms with E-state index in [0.29, 0.717) is 6.42 Å². The van der Waals surface area contributed by atoms with Crippen LogP contribution in [0.15, 0.2) is 0 Å². The number of hydrogen-bond acceptors (Lipinski definition) is 2. The zero-order valence-electron chi connectivity index (χ0n) is 32.0. The monoisotopic (exact) mass is 665 g/mol. The van der Waals surface area contributed by atoms with E-state index >= 15 is 0 Å². The second-order valence-electron chi connectivity index (χ2n) is 15.2. The van der Waals surface area contributed by atoms with Crippen LogP contribution in [-0.4, -0.2) is 22.2 Å². The van der Waals surface area contributed by atoms with Gasteiger partial charge in [-0.05, 0) is 31.6 Å². The zero-order valence-corrected chi connectivity index (χ0v) is 32.0. The highest BCUT2D eigenvalue weighted by Crippen LogP contribution is 2.30. The van der Waals surface area contributed by atoms with Crippen LogP contribution in [0.3, 0.4) is 0 Å². The Morgan fingerprint density at radius 1 is 0.362 bits per heavy atom. The molecule has 0 radical (unpaired) electrons. The number of carboxylic acids is 2. The lowest BCUT2D eigenvalue weighted by Gasteiger charge is -2.24. The number of hydrogen-bond donors (Lipinski definition) is 2. The second kappa shape index (κ2) is 37.8. The van der Waals surface area contributed by atoms with E-state index in [0.717, 1.165) is 38.5 Å². The van der Waals surface area contributed by atoms with Crippen LogP contribution >= 0.6 is 0 Å². The van der Waals surface area contributed by atoms with Crippen LogP contribution in [0.2, 0.25) is 0 Å². The van der Waals surface area contributed by atoms with Gasteiger partial charge in [0.1, 0.15) is 0 Å². The van der Waals surface area contributed by atoms with Gasteiger partial charge in [-0.1, -0.05) is 219 Å². The van der Waals surface area contributed by atoms with E-state index in [-0.39, 0.29) is 18.3 Å². The summed E-state index contributed by atoms with van der Waals surface area (Å²) in [6, 6.07) is 0. The maximum Gasteiger partial charge on any atom is 0.306 e. The van der Waals surface area contributed by atoms with E-state index in [2.05, 4.69) is 13.8 Å². The Balaban J connectivity index is 4.00. The highest BCUT2D eigenvalue weighted by atomic mass is 16.4. The minimum atomic E-state index is -0.768. The Labute approximate surface area is 294 Å². The molecule has 0 aromatic carbocycles. The summed E-state index contributed by atoms with van der Waals surface area (Å²) in [7, 11) is 0. The fourth-order valence-corrected chi connectivity index (χ4v) is 7.49. The van der Waals surface area contributed by atoms with E-state index in [4.69, 9.17) is 5.11 Å². The number of carbonyl (C=O) groups is 2. The first-order valence-corrected chi connectivity index (χ1v) is 21.5. The Bertz CT molecular complexity index is 648. The summed E-state index contributed by atoms with van der Waals surface area (Å²) >= 11 is 0. The summed E-state index contributed by atoms with van der Waals surface area (Å²) < 4.78 is 0. The summed E-state index contributed by atoms with van der Waals surface area (Å²) in [4.78, 5) is 23.4. The highest BCUT2D eigenvalue weighted by Gasteiger charge is 2.27. The molecule has 0 saturated carbocycles. The van der Waals surface area contributed by atoms with Crippen LogP contribution in [-0.2, 0) is 9.59 Å². The van der Waals surface area contributed by atoms with Crippen molar-refractivity contribution in [2.45, 2.75) is 251 Å². The predicted octanol–water partition coefficient (Wildman–Crippen LogP) is 14.9. The highest BCUT2D eigenvalue weighted by molar-refractivity contribution is 5.70. The molecule has 280 valence electrons. The normalized spacial score (nSPS) is 12.8. The molecular formula is C43H84O4. The topological polar surface area (TPSA) is 74.6 Å². The largest absolute Gasteiger partial charge is 0.481 e. The van der Waals surface area contributed by atoms with E-state index < -0.39 is 11.9 Å². The molecule has 2 N–H and O–H groups in total. The molecule has 0 heterocycles. The SMILES string of the molecule is CCCCCCCCCCCCCCCCCCC(CCCC(=O)O)C(CCCCCCCCCCCCCCCCCC)C(=O)O. The molecule has 0 rings (SSSR count). The molecule has 47 heavy (non-hydrogen) atoms. The van der Waals surface area contributed by atoms with Crippen LogP contribution in [0.1, 0.15) is 251 Å². The maximum atomic E-state index is 12.3. The van der Waals surface area contributed by atoms with Gasteiger partial charge < -0.3 is 10.2 Å². The zero-order chi connectivity index (χ0) is 34.5. The first-order chi connectivity index (χ1) is 23.0. The van der Waals surface area contributed by atoms with Crippen molar-refractivity contribution in [1.82, 2.24) is 0 Å². The lowest BCUT2D eigenvalue weighted by Crippen LogP contribution is -2.24. The molecule has 0 aliphatic carbocycles. The molecule has 0 aromatic rings. The van der Waals surface area contributed by atoms with Crippen molar-refractivity contribution < 1.29 is 19.8 Å². The van der Waals surface area contributed by atoms with Gasteiger partial charge in [-0.2, -0.15) is 0 Å². The third kappa shape index (κ3) is 34.6. The summed E-state index contributed by atoms with van der Waals surface area (Å²) in [6.07, 6.45) is 45.9. The van der Waals surface area contributed by atoms with Gasteiger partial charge in [0.2, 0.25) is 0 Å². The maximum absolute atomic E-state index is 12.3. The lowest BCUT2D eigenvalue weighted by molar-refractivity contribution is -0.144. The second-order valence-corrected chi connectivity index (χ2v) is 15.2. The number of rotatable bonds is 40. The molecule has 0 fully saturated rings. The minimum Gasteiger partial charge on any atom is -0.481 e. The molecule has 0 saturated heterocycles. The summed E-state index contributed by atoms with van der Waals surface area (Å²) in [6.45, 7) is 4.56. The average Bonchev–Trinajstić information content (AvgIpc) is 3.05. The lowest BCUT2D eigenvalue weighted by atomic mass is 9.80. The van der Waals surface area contributed by atoms with Crippen LogP contribution < -0.4 is 0 Å². The van der Waals surface area contributed by atoms with Gasteiger partial charge in [0.15, 0.2) is 0 Å². The number of carboxylic acid groups (broad SMARTS) is 2. The van der Waals surface area contributed by atoms with E-state index in [1.54, 1.807) is 0 Å². The van der Waals surface area contributed by atoms with Crippen molar-refractivity contribution in [3.05, 3.63) is 0 Å². The molecule has 4 heteroatoms. The Kier molecular flexibility index (Phi) is 36.9. The molecular weight excluding hydrogens is 580 g/mol.